The van der Waals surface area contributed by atoms with Crippen molar-refractivity contribution in [2.24, 2.45) is 5.92 Å². The SMILES string of the molecule is Cc1cc(F)ccc1C(=O)N1CCN(C(=O)c2[nH]cnc2C#N)CC1C(C)C. The van der Waals surface area contributed by atoms with E-state index in [0.717, 1.165) is 0 Å². The smallest absolute Gasteiger partial charge is 0.273 e. The van der Waals surface area contributed by atoms with Crippen LogP contribution >= 0.6 is 0 Å². The lowest BCUT2D eigenvalue weighted by molar-refractivity contribution is 0.0300. The number of aromatic amines is 1. The highest BCUT2D eigenvalue weighted by Gasteiger charge is 2.36. The maximum Gasteiger partial charge on any atom is 0.273 e. The largest absolute Gasteiger partial charge is 0.339 e. The number of halogens is 1. The fourth-order valence-corrected chi connectivity index (χ4v) is 3.54. The first-order chi connectivity index (χ1) is 13.3. The molecule has 1 aromatic carbocycles. The van der Waals surface area contributed by atoms with E-state index in [0.29, 0.717) is 30.8 Å². The predicted octanol–water partition coefficient (Wildman–Crippen LogP) is 2.35. The third kappa shape index (κ3) is 3.60. The summed E-state index contributed by atoms with van der Waals surface area (Å²) in [5, 5.41) is 9.10. The van der Waals surface area contributed by atoms with Crippen LogP contribution in [-0.2, 0) is 0 Å². The third-order valence-corrected chi connectivity index (χ3v) is 5.11. The summed E-state index contributed by atoms with van der Waals surface area (Å²) in [5.41, 5.74) is 1.28. The Kier molecular flexibility index (Phi) is 5.45. The van der Waals surface area contributed by atoms with E-state index in [9.17, 15) is 14.0 Å². The van der Waals surface area contributed by atoms with Gasteiger partial charge >= 0.3 is 0 Å². The number of aromatic nitrogens is 2. The van der Waals surface area contributed by atoms with E-state index >= 15 is 0 Å². The van der Waals surface area contributed by atoms with Crippen LogP contribution in [-0.4, -0.2) is 57.3 Å². The number of carbonyl (C=O) groups excluding carboxylic acids is 2. The standard InChI is InChI=1S/C20H22FN5O2/c1-12(2)17-10-25(20(28)18-16(9-22)23-11-24-18)6-7-26(17)19(27)15-5-4-14(21)8-13(15)3/h4-5,8,11-12,17H,6-7,10H2,1-3H3,(H,23,24). The Morgan fingerprint density at radius 3 is 2.71 bits per heavy atom. The summed E-state index contributed by atoms with van der Waals surface area (Å²) < 4.78 is 13.4. The molecule has 146 valence electrons. The first kappa shape index (κ1) is 19.5. The zero-order valence-electron chi connectivity index (χ0n) is 16.1. The highest BCUT2D eigenvalue weighted by Crippen LogP contribution is 2.23. The zero-order valence-corrected chi connectivity index (χ0v) is 16.1. The van der Waals surface area contributed by atoms with Gasteiger partial charge in [0, 0.05) is 25.2 Å². The predicted molar refractivity (Wildman–Crippen MR) is 100 cm³/mol. The van der Waals surface area contributed by atoms with Crippen molar-refractivity contribution in [3.63, 3.8) is 0 Å². The number of aryl methyl sites for hydroxylation is 1. The second kappa shape index (κ2) is 7.80. The third-order valence-electron chi connectivity index (χ3n) is 5.11. The minimum absolute atomic E-state index is 0.0616. The van der Waals surface area contributed by atoms with Crippen molar-refractivity contribution >= 4 is 11.8 Å². The van der Waals surface area contributed by atoms with Crippen LogP contribution in [0, 0.1) is 30.0 Å². The number of carbonyl (C=O) groups is 2. The molecule has 1 N–H and O–H groups in total. The number of H-pyrrole nitrogens is 1. The number of hydrogen-bond donors (Lipinski definition) is 1. The Balaban J connectivity index is 1.82. The van der Waals surface area contributed by atoms with Gasteiger partial charge in [-0.15, -0.1) is 0 Å². The molecule has 1 atom stereocenters. The van der Waals surface area contributed by atoms with Crippen LogP contribution in [0.2, 0.25) is 0 Å². The van der Waals surface area contributed by atoms with Gasteiger partial charge in [0.05, 0.1) is 12.4 Å². The van der Waals surface area contributed by atoms with Crippen LogP contribution < -0.4 is 0 Å². The molecule has 0 spiro atoms. The average molecular weight is 383 g/mol. The van der Waals surface area contributed by atoms with Gasteiger partial charge < -0.3 is 14.8 Å². The van der Waals surface area contributed by atoms with E-state index in [1.807, 2.05) is 19.9 Å². The fourth-order valence-electron chi connectivity index (χ4n) is 3.54. The lowest BCUT2D eigenvalue weighted by Crippen LogP contribution is -2.58. The molecule has 0 saturated carbocycles. The number of benzene rings is 1. The molecule has 2 heterocycles. The summed E-state index contributed by atoms with van der Waals surface area (Å²) in [4.78, 5) is 35.9. The van der Waals surface area contributed by atoms with Crippen molar-refractivity contribution in [2.75, 3.05) is 19.6 Å². The lowest BCUT2D eigenvalue weighted by atomic mass is 9.97. The van der Waals surface area contributed by atoms with Gasteiger partial charge in [-0.1, -0.05) is 13.8 Å². The molecule has 7 nitrogen and oxygen atoms in total. The molecule has 3 rings (SSSR count). The quantitative estimate of drug-likeness (QED) is 0.880. The van der Waals surface area contributed by atoms with Gasteiger partial charge in [0.2, 0.25) is 0 Å². The fraction of sp³-hybridized carbons (Fsp3) is 0.400. The summed E-state index contributed by atoms with van der Waals surface area (Å²) in [6, 6.07) is 5.85. The maximum atomic E-state index is 13.4. The van der Waals surface area contributed by atoms with Crippen LogP contribution in [0.4, 0.5) is 4.39 Å². The monoisotopic (exact) mass is 383 g/mol. The molecule has 1 fully saturated rings. The molecule has 28 heavy (non-hydrogen) atoms. The first-order valence-electron chi connectivity index (χ1n) is 9.13. The van der Waals surface area contributed by atoms with E-state index in [4.69, 9.17) is 5.26 Å². The molecule has 1 aliphatic heterocycles. The maximum absolute atomic E-state index is 13.4. The molecular formula is C20H22FN5O2. The first-order valence-corrected chi connectivity index (χ1v) is 9.13. The van der Waals surface area contributed by atoms with Crippen LogP contribution in [0.3, 0.4) is 0 Å². The number of piperazine rings is 1. The summed E-state index contributed by atoms with van der Waals surface area (Å²) in [6.07, 6.45) is 1.32. The van der Waals surface area contributed by atoms with E-state index in [1.54, 1.807) is 16.7 Å². The van der Waals surface area contributed by atoms with Gasteiger partial charge in [0.1, 0.15) is 17.6 Å². The van der Waals surface area contributed by atoms with Gasteiger partial charge in [0.15, 0.2) is 5.69 Å². The number of nitriles is 1. The normalized spacial score (nSPS) is 16.9. The Bertz CT molecular complexity index is 946. The second-order valence-corrected chi connectivity index (χ2v) is 7.26. The summed E-state index contributed by atoms with van der Waals surface area (Å²) in [6.45, 7) is 6.76. The number of amides is 2. The molecule has 2 amide bonds. The highest BCUT2D eigenvalue weighted by molar-refractivity contribution is 5.97. The molecule has 2 aromatic rings. The van der Waals surface area contributed by atoms with E-state index in [2.05, 4.69) is 9.97 Å². The van der Waals surface area contributed by atoms with Crippen molar-refractivity contribution < 1.29 is 14.0 Å². The number of nitrogens with zero attached hydrogens (tertiary/aromatic N) is 4. The van der Waals surface area contributed by atoms with E-state index < -0.39 is 0 Å². The molecule has 0 aliphatic carbocycles. The Labute approximate surface area is 162 Å². The zero-order chi connectivity index (χ0) is 20.4. The van der Waals surface area contributed by atoms with Crippen LogP contribution in [0.1, 0.15) is 46.0 Å². The molecule has 0 radical (unpaired) electrons. The number of hydrogen-bond acceptors (Lipinski definition) is 4. The van der Waals surface area contributed by atoms with Gasteiger partial charge in [-0.05, 0) is 36.6 Å². The molecular weight excluding hydrogens is 361 g/mol. The van der Waals surface area contributed by atoms with Gasteiger partial charge in [0.25, 0.3) is 11.8 Å². The van der Waals surface area contributed by atoms with E-state index in [-0.39, 0.29) is 41.0 Å². The lowest BCUT2D eigenvalue weighted by Gasteiger charge is -2.43. The number of nitrogens with one attached hydrogen (secondary N) is 1. The van der Waals surface area contributed by atoms with Crippen molar-refractivity contribution in [3.8, 4) is 6.07 Å². The topological polar surface area (TPSA) is 93.1 Å². The average Bonchev–Trinajstić information content (AvgIpc) is 3.15. The van der Waals surface area contributed by atoms with Gasteiger partial charge in [-0.2, -0.15) is 5.26 Å². The minimum Gasteiger partial charge on any atom is -0.339 e. The molecule has 1 saturated heterocycles. The summed E-state index contributed by atoms with van der Waals surface area (Å²) >= 11 is 0. The molecule has 0 bridgehead atoms. The Morgan fingerprint density at radius 1 is 1.32 bits per heavy atom. The van der Waals surface area contributed by atoms with E-state index in [1.165, 1.54) is 24.5 Å². The molecule has 1 unspecified atom stereocenters. The second-order valence-electron chi connectivity index (χ2n) is 7.26. The summed E-state index contributed by atoms with van der Waals surface area (Å²) in [5.74, 6) is -0.734. The molecule has 8 heteroatoms. The molecule has 1 aromatic heterocycles. The number of rotatable bonds is 3. The summed E-state index contributed by atoms with van der Waals surface area (Å²) in [7, 11) is 0. The van der Waals surface area contributed by atoms with Crippen molar-refractivity contribution in [1.82, 2.24) is 19.8 Å². The molecule has 1 aliphatic rings. The van der Waals surface area contributed by atoms with Crippen LogP contribution in [0.25, 0.3) is 0 Å². The number of imidazole rings is 1. The Morgan fingerprint density at radius 2 is 2.07 bits per heavy atom. The van der Waals surface area contributed by atoms with Gasteiger partial charge in [-0.3, -0.25) is 9.59 Å². The van der Waals surface area contributed by atoms with Crippen molar-refractivity contribution in [2.45, 2.75) is 26.8 Å². The highest BCUT2D eigenvalue weighted by atomic mass is 19.1. The minimum atomic E-state index is -0.377. The van der Waals surface area contributed by atoms with Crippen LogP contribution in [0.5, 0.6) is 0 Å². The van der Waals surface area contributed by atoms with Crippen LogP contribution in [0.15, 0.2) is 24.5 Å². The Hall–Kier alpha value is -3.21. The van der Waals surface area contributed by atoms with Crippen molar-refractivity contribution in [3.05, 3.63) is 52.9 Å². The van der Waals surface area contributed by atoms with Crippen molar-refractivity contribution in [1.29, 1.82) is 5.26 Å². The van der Waals surface area contributed by atoms with Gasteiger partial charge in [-0.25, -0.2) is 9.37 Å².